The van der Waals surface area contributed by atoms with E-state index < -0.39 is 0 Å². The first kappa shape index (κ1) is 20.4. The van der Waals surface area contributed by atoms with E-state index in [1.165, 1.54) is 46.1 Å². The van der Waals surface area contributed by atoms with Crippen LogP contribution in [0.1, 0.15) is 21.5 Å². The quantitative estimate of drug-likeness (QED) is 0.479. The van der Waals surface area contributed by atoms with Crippen LogP contribution in [0.25, 0.3) is 0 Å². The molecule has 0 spiro atoms. The highest BCUT2D eigenvalue weighted by atomic mass is 35.5. The molecule has 0 bridgehead atoms. The topological polar surface area (TPSA) is 90.4 Å². The summed E-state index contributed by atoms with van der Waals surface area (Å²) in [6.07, 6.45) is 2.50. The molecule has 1 amide bonds. The zero-order valence-corrected chi connectivity index (χ0v) is 18.5. The van der Waals surface area contributed by atoms with Crippen molar-refractivity contribution in [1.82, 2.24) is 15.3 Å². The number of hydrogen-bond acceptors (Lipinski definition) is 7. The van der Waals surface area contributed by atoms with Gasteiger partial charge in [-0.25, -0.2) is 9.97 Å². The summed E-state index contributed by atoms with van der Waals surface area (Å²) in [5, 5.41) is 17.2. The summed E-state index contributed by atoms with van der Waals surface area (Å²) < 4.78 is 0. The smallest absolute Gasteiger partial charge is 0.263 e. The lowest BCUT2D eigenvalue weighted by Gasteiger charge is -2.28. The van der Waals surface area contributed by atoms with Crippen LogP contribution in [0.3, 0.4) is 0 Å². The Morgan fingerprint density at radius 1 is 1.16 bits per heavy atom. The molecule has 158 valence electrons. The molecule has 0 atom stereocenters. The van der Waals surface area contributed by atoms with Gasteiger partial charge in [-0.15, -0.1) is 0 Å². The number of phenolic OH excluding ortho intramolecular Hbond substituents is 1. The fourth-order valence-electron chi connectivity index (χ4n) is 3.67. The van der Waals surface area contributed by atoms with Crippen LogP contribution in [0.2, 0.25) is 10.0 Å². The maximum atomic E-state index is 13.1. The van der Waals surface area contributed by atoms with E-state index in [1.807, 2.05) is 6.07 Å². The van der Waals surface area contributed by atoms with Crippen molar-refractivity contribution in [3.05, 3.63) is 63.3 Å². The maximum Gasteiger partial charge on any atom is 0.263 e. The van der Waals surface area contributed by atoms with Crippen molar-refractivity contribution in [3.63, 3.8) is 0 Å². The number of phenols is 1. The molecule has 2 aliphatic heterocycles. The van der Waals surface area contributed by atoms with E-state index in [0.717, 1.165) is 25.2 Å². The summed E-state index contributed by atoms with van der Waals surface area (Å²) in [6.45, 7) is 1.85. The van der Waals surface area contributed by atoms with Gasteiger partial charge in [-0.3, -0.25) is 9.69 Å². The summed E-state index contributed by atoms with van der Waals surface area (Å²) in [4.78, 5) is 23.4. The van der Waals surface area contributed by atoms with Crippen LogP contribution in [0.4, 0.5) is 17.3 Å². The van der Waals surface area contributed by atoms with Gasteiger partial charge in [0.05, 0.1) is 27.2 Å². The van der Waals surface area contributed by atoms with E-state index in [0.29, 0.717) is 28.1 Å². The standard InChI is InChI=1S/C21H17Cl2N5O2S/c22-16-6-14(29)7-17(23)18(16)28-10-31-19-15(20(28)30)9-25-21(27-19)26-13-2-1-12-8-24-4-3-11(12)5-13/h1-2,5-7,9,24,29H,3-4,8,10H2,(H,25,26,27). The molecular formula is C21H17Cl2N5O2S. The van der Waals surface area contributed by atoms with Gasteiger partial charge in [0.1, 0.15) is 10.8 Å². The monoisotopic (exact) mass is 473 g/mol. The molecule has 3 aromatic rings. The Morgan fingerprint density at radius 3 is 2.77 bits per heavy atom. The second-order valence-corrected chi connectivity index (χ2v) is 8.96. The van der Waals surface area contributed by atoms with Gasteiger partial charge in [-0.05, 0) is 36.2 Å². The normalized spacial score (nSPS) is 15.4. The number of carbonyl (C=O) groups is 1. The molecular weight excluding hydrogens is 457 g/mol. The lowest BCUT2D eigenvalue weighted by Crippen LogP contribution is -2.35. The van der Waals surface area contributed by atoms with E-state index in [-0.39, 0.29) is 21.7 Å². The minimum atomic E-state index is -0.295. The van der Waals surface area contributed by atoms with E-state index in [9.17, 15) is 9.90 Å². The first-order chi connectivity index (χ1) is 15.0. The molecule has 0 aliphatic carbocycles. The van der Waals surface area contributed by atoms with Crippen LogP contribution in [0, 0.1) is 0 Å². The van der Waals surface area contributed by atoms with Gasteiger partial charge >= 0.3 is 0 Å². The fraction of sp³-hybridized carbons (Fsp3) is 0.190. The Balaban J connectivity index is 1.40. The van der Waals surface area contributed by atoms with Crippen molar-refractivity contribution in [2.24, 2.45) is 0 Å². The van der Waals surface area contributed by atoms with Gasteiger partial charge < -0.3 is 15.7 Å². The molecule has 10 heteroatoms. The molecule has 7 nitrogen and oxygen atoms in total. The van der Waals surface area contributed by atoms with Gasteiger partial charge in [0, 0.05) is 30.6 Å². The number of amides is 1. The summed E-state index contributed by atoms with van der Waals surface area (Å²) in [6, 6.07) is 8.93. The van der Waals surface area contributed by atoms with Crippen LogP contribution in [0.15, 0.2) is 41.6 Å². The first-order valence-electron chi connectivity index (χ1n) is 9.59. The van der Waals surface area contributed by atoms with Crippen LogP contribution < -0.4 is 15.5 Å². The number of carbonyl (C=O) groups excluding carboxylic acids is 1. The lowest BCUT2D eigenvalue weighted by atomic mass is 10.0. The number of hydrogen-bond donors (Lipinski definition) is 3. The third-order valence-electron chi connectivity index (χ3n) is 5.18. The van der Waals surface area contributed by atoms with Gasteiger partial charge in [0.25, 0.3) is 5.91 Å². The van der Waals surface area contributed by atoms with Crippen LogP contribution >= 0.6 is 35.0 Å². The van der Waals surface area contributed by atoms with Crippen molar-refractivity contribution in [2.45, 2.75) is 18.0 Å². The zero-order chi connectivity index (χ0) is 21.5. The van der Waals surface area contributed by atoms with Crippen molar-refractivity contribution >= 4 is 58.2 Å². The zero-order valence-electron chi connectivity index (χ0n) is 16.2. The van der Waals surface area contributed by atoms with Crippen LogP contribution in [0.5, 0.6) is 5.75 Å². The molecule has 0 fully saturated rings. The minimum Gasteiger partial charge on any atom is -0.508 e. The molecule has 2 aromatic carbocycles. The molecule has 0 saturated carbocycles. The average molecular weight is 474 g/mol. The molecule has 3 heterocycles. The number of benzene rings is 2. The van der Waals surface area contributed by atoms with Crippen molar-refractivity contribution in [3.8, 4) is 5.75 Å². The first-order valence-corrected chi connectivity index (χ1v) is 11.3. The number of nitrogens with zero attached hydrogens (tertiary/aromatic N) is 3. The van der Waals surface area contributed by atoms with Crippen molar-refractivity contribution in [2.75, 3.05) is 22.6 Å². The Kier molecular flexibility index (Phi) is 5.39. The lowest BCUT2D eigenvalue weighted by molar-refractivity contribution is 0.0985. The van der Waals surface area contributed by atoms with Crippen molar-refractivity contribution < 1.29 is 9.90 Å². The van der Waals surface area contributed by atoms with E-state index in [1.54, 1.807) is 0 Å². The second-order valence-electron chi connectivity index (χ2n) is 7.21. The molecule has 0 unspecified atom stereocenters. The molecule has 31 heavy (non-hydrogen) atoms. The molecule has 1 aromatic heterocycles. The largest absolute Gasteiger partial charge is 0.508 e. The molecule has 0 saturated heterocycles. The van der Waals surface area contributed by atoms with E-state index >= 15 is 0 Å². The highest BCUT2D eigenvalue weighted by Gasteiger charge is 2.31. The van der Waals surface area contributed by atoms with Crippen LogP contribution in [-0.4, -0.2) is 33.4 Å². The predicted octanol–water partition coefficient (Wildman–Crippen LogP) is 4.59. The SMILES string of the molecule is O=C1c2cnc(Nc3ccc4c(c3)CCNC4)nc2SCN1c1c(Cl)cc(O)cc1Cl. The van der Waals surface area contributed by atoms with Gasteiger partial charge in [-0.1, -0.05) is 41.0 Å². The number of rotatable bonds is 3. The van der Waals surface area contributed by atoms with Gasteiger partial charge in [-0.2, -0.15) is 0 Å². The van der Waals surface area contributed by atoms with E-state index in [2.05, 4.69) is 32.7 Å². The number of halogens is 2. The fourth-order valence-corrected chi connectivity index (χ4v) is 5.30. The average Bonchev–Trinajstić information content (AvgIpc) is 2.74. The van der Waals surface area contributed by atoms with Crippen molar-refractivity contribution in [1.29, 1.82) is 0 Å². The Bertz CT molecular complexity index is 1180. The number of anilines is 3. The maximum absolute atomic E-state index is 13.1. The number of thioether (sulfide) groups is 1. The highest BCUT2D eigenvalue weighted by Crippen LogP contribution is 2.41. The number of aromatic hydroxyl groups is 1. The number of aromatic nitrogens is 2. The summed E-state index contributed by atoms with van der Waals surface area (Å²) in [5.41, 5.74) is 4.26. The van der Waals surface area contributed by atoms with Crippen LogP contribution in [-0.2, 0) is 13.0 Å². The Hall–Kier alpha value is -2.52. The molecule has 3 N–H and O–H groups in total. The number of nitrogens with one attached hydrogen (secondary N) is 2. The van der Waals surface area contributed by atoms with Gasteiger partial charge in [0.2, 0.25) is 5.95 Å². The highest BCUT2D eigenvalue weighted by molar-refractivity contribution is 7.99. The summed E-state index contributed by atoms with van der Waals surface area (Å²) in [5.74, 6) is 0.366. The summed E-state index contributed by atoms with van der Waals surface area (Å²) in [7, 11) is 0. The Morgan fingerprint density at radius 2 is 1.97 bits per heavy atom. The predicted molar refractivity (Wildman–Crippen MR) is 123 cm³/mol. The second kappa shape index (κ2) is 8.20. The molecule has 2 aliphatic rings. The van der Waals surface area contributed by atoms with Gasteiger partial charge in [0.15, 0.2) is 0 Å². The Labute approximate surface area is 192 Å². The minimum absolute atomic E-state index is 0.0613. The number of fused-ring (bicyclic) bond motifs is 2. The van der Waals surface area contributed by atoms with E-state index in [4.69, 9.17) is 23.2 Å². The molecule has 0 radical (unpaired) electrons. The third kappa shape index (κ3) is 3.92. The molecule has 5 rings (SSSR count). The third-order valence-corrected chi connectivity index (χ3v) is 6.73. The summed E-state index contributed by atoms with van der Waals surface area (Å²) >= 11 is 13.9.